The lowest BCUT2D eigenvalue weighted by Gasteiger charge is -2.18. The van der Waals surface area contributed by atoms with Gasteiger partial charge >= 0.3 is 6.18 Å². The van der Waals surface area contributed by atoms with Crippen LogP contribution in [0.5, 0.6) is 0 Å². The number of likely N-dealkylation sites (tertiary alicyclic amines) is 1. The van der Waals surface area contributed by atoms with Crippen molar-refractivity contribution in [3.8, 4) is 0 Å². The Labute approximate surface area is 138 Å². The van der Waals surface area contributed by atoms with Crippen molar-refractivity contribution in [2.75, 3.05) is 45.2 Å². The van der Waals surface area contributed by atoms with Gasteiger partial charge in [0.25, 0.3) is 5.91 Å². The molecule has 134 valence electrons. The molecule has 1 aliphatic heterocycles. The van der Waals surface area contributed by atoms with E-state index in [1.165, 1.54) is 11.1 Å². The number of anilines is 1. The number of carbonyl (C=O) groups excluding carboxylic acids is 1. The number of nitrogens with zero attached hydrogens (tertiary/aromatic N) is 2. The Morgan fingerprint density at radius 1 is 1.46 bits per heavy atom. The minimum atomic E-state index is -4.18. The van der Waals surface area contributed by atoms with Crippen molar-refractivity contribution in [1.82, 2.24) is 15.2 Å². The van der Waals surface area contributed by atoms with Gasteiger partial charge in [0.2, 0.25) is 0 Å². The van der Waals surface area contributed by atoms with Gasteiger partial charge in [0.1, 0.15) is 5.82 Å². The van der Waals surface area contributed by atoms with E-state index in [2.05, 4.69) is 15.6 Å². The molecule has 2 N–H and O–H groups in total. The van der Waals surface area contributed by atoms with Crippen LogP contribution in [-0.2, 0) is 4.74 Å². The van der Waals surface area contributed by atoms with E-state index in [0.29, 0.717) is 44.0 Å². The van der Waals surface area contributed by atoms with Gasteiger partial charge < -0.3 is 15.4 Å². The average Bonchev–Trinajstić information content (AvgIpc) is 2.93. The average molecular weight is 346 g/mol. The molecule has 0 saturated carbocycles. The molecule has 1 aromatic rings. The van der Waals surface area contributed by atoms with Crippen molar-refractivity contribution in [2.24, 2.45) is 0 Å². The first-order chi connectivity index (χ1) is 11.4. The molecule has 0 spiro atoms. The minimum Gasteiger partial charge on any atom is -0.383 e. The van der Waals surface area contributed by atoms with Gasteiger partial charge in [-0.05, 0) is 18.6 Å². The highest BCUT2D eigenvalue weighted by molar-refractivity contribution is 5.94. The fraction of sp³-hybridized carbons (Fsp3) is 0.600. The van der Waals surface area contributed by atoms with Crippen LogP contribution in [0.1, 0.15) is 16.8 Å². The SMILES string of the molecule is COCCNC(=O)c1ccc(N[C@@H]2CCN(CC(F)(F)F)C2)nc1. The number of methoxy groups -OCH3 is 1. The van der Waals surface area contributed by atoms with E-state index in [1.54, 1.807) is 19.2 Å². The fourth-order valence-corrected chi connectivity index (χ4v) is 2.54. The number of pyridine rings is 1. The van der Waals surface area contributed by atoms with E-state index in [1.807, 2.05) is 0 Å². The second kappa shape index (κ2) is 8.29. The number of carbonyl (C=O) groups is 1. The minimum absolute atomic E-state index is 0.0822. The predicted octanol–water partition coefficient (Wildman–Crippen LogP) is 1.51. The number of halogens is 3. The molecule has 1 amide bonds. The van der Waals surface area contributed by atoms with Crippen LogP contribution in [0.15, 0.2) is 18.3 Å². The first-order valence-electron chi connectivity index (χ1n) is 7.66. The van der Waals surface area contributed by atoms with Crippen molar-refractivity contribution < 1.29 is 22.7 Å². The number of rotatable bonds is 7. The number of ether oxygens (including phenoxy) is 1. The summed E-state index contributed by atoms with van der Waals surface area (Å²) in [5.41, 5.74) is 0.418. The highest BCUT2D eigenvalue weighted by atomic mass is 19.4. The van der Waals surface area contributed by atoms with Crippen LogP contribution in [0.3, 0.4) is 0 Å². The van der Waals surface area contributed by atoms with Gasteiger partial charge in [0.05, 0.1) is 18.7 Å². The molecule has 1 atom stereocenters. The van der Waals surface area contributed by atoms with Crippen molar-refractivity contribution in [1.29, 1.82) is 0 Å². The van der Waals surface area contributed by atoms with Gasteiger partial charge in [-0.15, -0.1) is 0 Å². The second-order valence-corrected chi connectivity index (χ2v) is 5.66. The van der Waals surface area contributed by atoms with Gasteiger partial charge in [-0.2, -0.15) is 13.2 Å². The molecule has 0 aliphatic carbocycles. The molecule has 0 bridgehead atoms. The standard InChI is InChI=1S/C15H21F3N4O2/c1-24-7-5-19-14(23)11-2-3-13(20-8-11)21-12-4-6-22(9-12)10-15(16,17)18/h2-3,8,12H,4-7,9-10H2,1H3,(H,19,23)(H,20,21)/t12-/m1/s1. The molecule has 0 radical (unpaired) electrons. The first kappa shape index (κ1) is 18.5. The molecule has 0 unspecified atom stereocenters. The van der Waals surface area contributed by atoms with E-state index in [9.17, 15) is 18.0 Å². The maximum Gasteiger partial charge on any atom is 0.401 e. The normalized spacial score (nSPS) is 18.6. The summed E-state index contributed by atoms with van der Waals surface area (Å²) >= 11 is 0. The Balaban J connectivity index is 1.81. The second-order valence-electron chi connectivity index (χ2n) is 5.66. The lowest BCUT2D eigenvalue weighted by atomic mass is 10.2. The van der Waals surface area contributed by atoms with Crippen molar-refractivity contribution in [3.05, 3.63) is 23.9 Å². The van der Waals surface area contributed by atoms with Crippen LogP contribution in [-0.4, -0.2) is 67.9 Å². The molecule has 1 aliphatic rings. The van der Waals surface area contributed by atoms with Crippen LogP contribution in [0.2, 0.25) is 0 Å². The van der Waals surface area contributed by atoms with E-state index in [-0.39, 0.29) is 11.9 Å². The summed E-state index contributed by atoms with van der Waals surface area (Å²) < 4.78 is 42.0. The van der Waals surface area contributed by atoms with Gasteiger partial charge in [0.15, 0.2) is 0 Å². The van der Waals surface area contributed by atoms with Crippen LogP contribution >= 0.6 is 0 Å². The van der Waals surface area contributed by atoms with Crippen LogP contribution in [0, 0.1) is 0 Å². The van der Waals surface area contributed by atoms with Gasteiger partial charge in [0, 0.05) is 39.0 Å². The number of hydrogen-bond acceptors (Lipinski definition) is 5. The Hall–Kier alpha value is -1.87. The smallest absolute Gasteiger partial charge is 0.383 e. The molecule has 2 rings (SSSR count). The van der Waals surface area contributed by atoms with E-state index < -0.39 is 12.7 Å². The van der Waals surface area contributed by atoms with Crippen LogP contribution < -0.4 is 10.6 Å². The first-order valence-corrected chi connectivity index (χ1v) is 7.66. The third kappa shape index (κ3) is 5.97. The summed E-state index contributed by atoms with van der Waals surface area (Å²) in [6.45, 7) is 0.665. The quantitative estimate of drug-likeness (QED) is 0.733. The summed E-state index contributed by atoms with van der Waals surface area (Å²) in [6, 6.07) is 3.19. The van der Waals surface area contributed by atoms with Crippen molar-refractivity contribution >= 4 is 11.7 Å². The summed E-state index contributed by atoms with van der Waals surface area (Å²) in [5.74, 6) is 0.297. The third-order valence-corrected chi connectivity index (χ3v) is 3.64. The van der Waals surface area contributed by atoms with Crippen LogP contribution in [0.4, 0.5) is 19.0 Å². The molecule has 2 heterocycles. The van der Waals surface area contributed by atoms with E-state index >= 15 is 0 Å². The van der Waals surface area contributed by atoms with E-state index in [0.717, 1.165) is 0 Å². The molecule has 1 fully saturated rings. The summed E-state index contributed by atoms with van der Waals surface area (Å²) in [6.07, 6.45) is -2.12. The number of hydrogen-bond donors (Lipinski definition) is 2. The van der Waals surface area contributed by atoms with Crippen molar-refractivity contribution in [3.63, 3.8) is 0 Å². The Morgan fingerprint density at radius 2 is 2.25 bits per heavy atom. The number of aromatic nitrogens is 1. The van der Waals surface area contributed by atoms with Crippen molar-refractivity contribution in [2.45, 2.75) is 18.6 Å². The highest BCUT2D eigenvalue weighted by Crippen LogP contribution is 2.21. The topological polar surface area (TPSA) is 66.5 Å². The highest BCUT2D eigenvalue weighted by Gasteiger charge is 2.34. The molecule has 24 heavy (non-hydrogen) atoms. The molecule has 1 saturated heterocycles. The van der Waals surface area contributed by atoms with Gasteiger partial charge in [-0.3, -0.25) is 9.69 Å². The number of alkyl halides is 3. The molecular formula is C15H21F3N4O2. The lowest BCUT2D eigenvalue weighted by Crippen LogP contribution is -2.34. The summed E-state index contributed by atoms with van der Waals surface area (Å²) in [7, 11) is 1.55. The Bertz CT molecular complexity index is 537. The van der Waals surface area contributed by atoms with Gasteiger partial charge in [-0.1, -0.05) is 0 Å². The molecule has 9 heteroatoms. The third-order valence-electron chi connectivity index (χ3n) is 3.64. The Kier molecular flexibility index (Phi) is 6.38. The predicted molar refractivity (Wildman–Crippen MR) is 83.0 cm³/mol. The largest absolute Gasteiger partial charge is 0.401 e. The van der Waals surface area contributed by atoms with Crippen LogP contribution in [0.25, 0.3) is 0 Å². The molecule has 0 aromatic carbocycles. The monoisotopic (exact) mass is 346 g/mol. The van der Waals surface area contributed by atoms with Gasteiger partial charge in [-0.25, -0.2) is 4.98 Å². The fourth-order valence-electron chi connectivity index (χ4n) is 2.54. The summed E-state index contributed by atoms with van der Waals surface area (Å²) in [5, 5.41) is 5.79. The number of amides is 1. The zero-order chi connectivity index (χ0) is 17.6. The zero-order valence-corrected chi connectivity index (χ0v) is 13.4. The lowest BCUT2D eigenvalue weighted by molar-refractivity contribution is -0.143. The molecular weight excluding hydrogens is 325 g/mol. The molecule has 6 nitrogen and oxygen atoms in total. The number of nitrogens with one attached hydrogen (secondary N) is 2. The summed E-state index contributed by atoms with van der Waals surface area (Å²) in [4.78, 5) is 17.3. The maximum atomic E-state index is 12.4. The zero-order valence-electron chi connectivity index (χ0n) is 13.4. The maximum absolute atomic E-state index is 12.4. The van der Waals surface area contributed by atoms with E-state index in [4.69, 9.17) is 4.74 Å². The molecule has 1 aromatic heterocycles. The Morgan fingerprint density at radius 3 is 2.88 bits per heavy atom.